The zero-order valence-electron chi connectivity index (χ0n) is 10.7. The molecular weight excluding hydrogens is 200 g/mol. The molecule has 2 rings (SSSR count). The molecule has 0 bridgehead atoms. The van der Waals surface area contributed by atoms with Gasteiger partial charge in [-0.1, -0.05) is 13.8 Å². The molecule has 2 aliphatic rings. The molecule has 1 aliphatic carbocycles. The third-order valence-corrected chi connectivity index (χ3v) is 4.30. The maximum Gasteiger partial charge on any atom is 0.0685 e. The van der Waals surface area contributed by atoms with E-state index in [1.165, 1.54) is 38.5 Å². The molecule has 0 aromatic carbocycles. The Morgan fingerprint density at radius 2 is 2.19 bits per heavy atom. The predicted molar refractivity (Wildman–Crippen MR) is 65.8 cm³/mol. The third-order valence-electron chi connectivity index (χ3n) is 4.30. The van der Waals surface area contributed by atoms with Crippen molar-refractivity contribution in [2.45, 2.75) is 64.0 Å². The number of hydrazine groups is 1. The van der Waals surface area contributed by atoms with Crippen LogP contribution in [0.2, 0.25) is 0 Å². The number of rotatable bonds is 4. The van der Waals surface area contributed by atoms with Crippen molar-refractivity contribution < 1.29 is 4.74 Å². The fourth-order valence-electron chi connectivity index (χ4n) is 3.23. The van der Waals surface area contributed by atoms with Gasteiger partial charge in [-0.15, -0.1) is 0 Å². The molecule has 3 N–H and O–H groups in total. The smallest absolute Gasteiger partial charge is 0.0685 e. The normalized spacial score (nSPS) is 30.4. The highest BCUT2D eigenvalue weighted by atomic mass is 16.5. The van der Waals surface area contributed by atoms with E-state index in [2.05, 4.69) is 19.3 Å². The minimum atomic E-state index is 0.245. The molecule has 3 nitrogen and oxygen atoms in total. The second-order valence-corrected chi connectivity index (χ2v) is 6.04. The lowest BCUT2D eigenvalue weighted by molar-refractivity contribution is -0.147. The molecule has 1 heterocycles. The minimum Gasteiger partial charge on any atom is -0.375 e. The highest BCUT2D eigenvalue weighted by molar-refractivity contribution is 4.96. The van der Waals surface area contributed by atoms with Crippen molar-refractivity contribution in [3.63, 3.8) is 0 Å². The van der Waals surface area contributed by atoms with E-state index < -0.39 is 0 Å². The zero-order valence-corrected chi connectivity index (χ0v) is 10.7. The van der Waals surface area contributed by atoms with Crippen LogP contribution in [-0.2, 0) is 4.74 Å². The minimum absolute atomic E-state index is 0.245. The van der Waals surface area contributed by atoms with Crippen LogP contribution in [-0.4, -0.2) is 18.2 Å². The Hall–Kier alpha value is -0.120. The summed E-state index contributed by atoms with van der Waals surface area (Å²) in [7, 11) is 0. The lowest BCUT2D eigenvalue weighted by Gasteiger charge is -2.48. The third kappa shape index (κ3) is 2.58. The summed E-state index contributed by atoms with van der Waals surface area (Å²) >= 11 is 0. The van der Waals surface area contributed by atoms with Crippen LogP contribution in [0, 0.1) is 11.8 Å². The molecule has 2 unspecified atom stereocenters. The number of nitrogens with two attached hydrogens (primary N) is 1. The first-order valence-corrected chi connectivity index (χ1v) is 6.75. The van der Waals surface area contributed by atoms with Crippen LogP contribution in [0.3, 0.4) is 0 Å². The van der Waals surface area contributed by atoms with E-state index in [1.54, 1.807) is 0 Å². The molecule has 16 heavy (non-hydrogen) atoms. The van der Waals surface area contributed by atoms with E-state index in [0.717, 1.165) is 6.61 Å². The molecule has 0 aromatic rings. The van der Waals surface area contributed by atoms with Gasteiger partial charge >= 0.3 is 0 Å². The first-order chi connectivity index (χ1) is 7.65. The summed E-state index contributed by atoms with van der Waals surface area (Å²) < 4.78 is 5.96. The lowest BCUT2D eigenvalue weighted by atomic mass is 9.70. The van der Waals surface area contributed by atoms with Crippen LogP contribution in [0.5, 0.6) is 0 Å². The highest BCUT2D eigenvalue weighted by Gasteiger charge is 2.44. The monoisotopic (exact) mass is 226 g/mol. The van der Waals surface area contributed by atoms with Crippen LogP contribution in [0.15, 0.2) is 0 Å². The number of ether oxygens (including phenoxy) is 1. The van der Waals surface area contributed by atoms with E-state index in [-0.39, 0.29) is 5.60 Å². The molecule has 1 spiro atoms. The Labute approximate surface area is 99.1 Å². The van der Waals surface area contributed by atoms with E-state index in [1.807, 2.05) is 0 Å². The van der Waals surface area contributed by atoms with Crippen LogP contribution in [0.25, 0.3) is 0 Å². The number of hydrogen-bond donors (Lipinski definition) is 2. The maximum absolute atomic E-state index is 5.96. The Balaban J connectivity index is 1.91. The quantitative estimate of drug-likeness (QED) is 0.571. The van der Waals surface area contributed by atoms with Gasteiger partial charge in [0.05, 0.1) is 5.60 Å². The van der Waals surface area contributed by atoms with Gasteiger partial charge in [-0.2, -0.15) is 0 Å². The summed E-state index contributed by atoms with van der Waals surface area (Å²) in [5.41, 5.74) is 3.28. The lowest BCUT2D eigenvalue weighted by Crippen LogP contribution is -2.51. The van der Waals surface area contributed by atoms with Gasteiger partial charge in [0.1, 0.15) is 0 Å². The van der Waals surface area contributed by atoms with Crippen LogP contribution in [0.4, 0.5) is 0 Å². The van der Waals surface area contributed by atoms with Gasteiger partial charge in [0.2, 0.25) is 0 Å². The van der Waals surface area contributed by atoms with Crippen molar-refractivity contribution in [3.05, 3.63) is 0 Å². The Morgan fingerprint density at radius 1 is 1.44 bits per heavy atom. The van der Waals surface area contributed by atoms with Crippen molar-refractivity contribution in [1.82, 2.24) is 5.43 Å². The summed E-state index contributed by atoms with van der Waals surface area (Å²) in [4.78, 5) is 0. The summed E-state index contributed by atoms with van der Waals surface area (Å²) in [6.07, 6.45) is 7.44. The van der Waals surface area contributed by atoms with Crippen molar-refractivity contribution in [2.75, 3.05) is 6.61 Å². The summed E-state index contributed by atoms with van der Waals surface area (Å²) in [6.45, 7) is 5.46. The van der Waals surface area contributed by atoms with Crippen LogP contribution in [0.1, 0.15) is 52.4 Å². The molecule has 0 aromatic heterocycles. The second kappa shape index (κ2) is 5.03. The SMILES string of the molecule is CC(C)CC(NN)C1CCOC2(CCC2)C1. The van der Waals surface area contributed by atoms with Gasteiger partial charge < -0.3 is 4.74 Å². The molecule has 1 saturated carbocycles. The summed E-state index contributed by atoms with van der Waals surface area (Å²) in [6, 6.07) is 0.473. The summed E-state index contributed by atoms with van der Waals surface area (Å²) in [5, 5.41) is 0. The van der Waals surface area contributed by atoms with E-state index in [4.69, 9.17) is 10.6 Å². The van der Waals surface area contributed by atoms with Crippen molar-refractivity contribution in [3.8, 4) is 0 Å². The largest absolute Gasteiger partial charge is 0.375 e. The van der Waals surface area contributed by atoms with E-state index in [0.29, 0.717) is 17.9 Å². The molecule has 1 aliphatic heterocycles. The standard InChI is InChI=1S/C13H26N2O/c1-10(2)8-12(15-14)11-4-7-16-13(9-11)5-3-6-13/h10-12,15H,3-9,14H2,1-2H3. The Kier molecular flexibility index (Phi) is 3.88. The molecule has 1 saturated heterocycles. The Morgan fingerprint density at radius 3 is 2.69 bits per heavy atom. The first-order valence-electron chi connectivity index (χ1n) is 6.75. The van der Waals surface area contributed by atoms with Crippen LogP contribution < -0.4 is 11.3 Å². The molecule has 94 valence electrons. The zero-order chi connectivity index (χ0) is 11.6. The van der Waals surface area contributed by atoms with Gasteiger partial charge in [-0.3, -0.25) is 11.3 Å². The van der Waals surface area contributed by atoms with Gasteiger partial charge in [0.15, 0.2) is 0 Å². The molecule has 2 fully saturated rings. The van der Waals surface area contributed by atoms with Gasteiger partial charge in [0.25, 0.3) is 0 Å². The fraction of sp³-hybridized carbons (Fsp3) is 1.00. The molecular formula is C13H26N2O. The van der Waals surface area contributed by atoms with Gasteiger partial charge in [-0.25, -0.2) is 0 Å². The maximum atomic E-state index is 5.96. The fourth-order valence-corrected chi connectivity index (χ4v) is 3.23. The van der Waals surface area contributed by atoms with E-state index in [9.17, 15) is 0 Å². The van der Waals surface area contributed by atoms with E-state index >= 15 is 0 Å². The summed E-state index contributed by atoms with van der Waals surface area (Å²) in [5.74, 6) is 7.13. The van der Waals surface area contributed by atoms with Crippen molar-refractivity contribution >= 4 is 0 Å². The van der Waals surface area contributed by atoms with Crippen LogP contribution >= 0.6 is 0 Å². The molecule has 3 heteroatoms. The average Bonchev–Trinajstić information content (AvgIpc) is 2.23. The molecule has 2 atom stereocenters. The van der Waals surface area contributed by atoms with Gasteiger partial charge in [0, 0.05) is 12.6 Å². The first kappa shape index (κ1) is 12.3. The highest BCUT2D eigenvalue weighted by Crippen LogP contribution is 2.45. The van der Waals surface area contributed by atoms with Crippen molar-refractivity contribution in [2.24, 2.45) is 17.7 Å². The molecule has 0 amide bonds. The predicted octanol–water partition coefficient (Wildman–Crippen LogP) is 2.21. The number of nitrogens with one attached hydrogen (secondary N) is 1. The van der Waals surface area contributed by atoms with Crippen molar-refractivity contribution in [1.29, 1.82) is 0 Å². The van der Waals surface area contributed by atoms with Gasteiger partial charge in [-0.05, 0) is 50.4 Å². The second-order valence-electron chi connectivity index (χ2n) is 6.04. The topological polar surface area (TPSA) is 47.3 Å². The average molecular weight is 226 g/mol. The Bertz CT molecular complexity index is 226. The molecule has 0 radical (unpaired) electrons. The number of hydrogen-bond acceptors (Lipinski definition) is 3.